The third-order valence-electron chi connectivity index (χ3n) is 5.81. The van der Waals surface area contributed by atoms with Gasteiger partial charge < -0.3 is 5.01 Å². The molecule has 4 heteroatoms. The van der Waals surface area contributed by atoms with Crippen molar-refractivity contribution in [1.82, 2.24) is 10.0 Å². The highest BCUT2D eigenvalue weighted by molar-refractivity contribution is 5.84. The van der Waals surface area contributed by atoms with E-state index in [1.807, 2.05) is 12.4 Å². The van der Waals surface area contributed by atoms with Crippen LogP contribution in [0.25, 0.3) is 0 Å². The van der Waals surface area contributed by atoms with E-state index < -0.39 is 0 Å². The molecule has 162 valence electrons. The molecule has 1 aromatic carbocycles. The molecular formula is C26H38N4. The van der Waals surface area contributed by atoms with Gasteiger partial charge in [0.2, 0.25) is 0 Å². The highest BCUT2D eigenvalue weighted by Gasteiger charge is 2.25. The molecule has 2 aliphatic rings. The Labute approximate surface area is 183 Å². The first-order valence-electron chi connectivity index (χ1n) is 11.8. The fourth-order valence-electron chi connectivity index (χ4n) is 3.89. The summed E-state index contributed by atoms with van der Waals surface area (Å²) in [5.74, 6) is 0. The molecule has 1 fully saturated rings. The minimum atomic E-state index is 0.918. The Hall–Kier alpha value is -2.20. The van der Waals surface area contributed by atoms with E-state index in [2.05, 4.69) is 70.3 Å². The van der Waals surface area contributed by atoms with Gasteiger partial charge in [-0.05, 0) is 49.8 Å². The molecule has 2 heterocycles. The van der Waals surface area contributed by atoms with Gasteiger partial charge in [-0.2, -0.15) is 0 Å². The fraction of sp³-hybridized carbons (Fsp3) is 0.538. The van der Waals surface area contributed by atoms with Crippen molar-refractivity contribution in [2.75, 3.05) is 26.2 Å². The van der Waals surface area contributed by atoms with Crippen molar-refractivity contribution in [2.45, 2.75) is 65.2 Å². The molecule has 0 bridgehead atoms. The van der Waals surface area contributed by atoms with Gasteiger partial charge in [0.05, 0.1) is 5.70 Å². The summed E-state index contributed by atoms with van der Waals surface area (Å²) in [6.07, 6.45) is 18.2. The Balaban J connectivity index is 1.25. The first-order chi connectivity index (χ1) is 14.8. The SMILES string of the molecule is CCC/N=C/c1ccc(CCCCCCCN2CCN2C2=CCC(C)=NC=C2)cc1. The van der Waals surface area contributed by atoms with Crippen LogP contribution in [0.15, 0.2) is 58.3 Å². The van der Waals surface area contributed by atoms with Crippen LogP contribution in [0.1, 0.15) is 69.9 Å². The predicted molar refractivity (Wildman–Crippen MR) is 129 cm³/mol. The van der Waals surface area contributed by atoms with E-state index in [1.165, 1.54) is 74.2 Å². The molecule has 1 saturated heterocycles. The maximum absolute atomic E-state index is 4.42. The van der Waals surface area contributed by atoms with Gasteiger partial charge in [-0.25, -0.2) is 5.01 Å². The second kappa shape index (κ2) is 12.5. The highest BCUT2D eigenvalue weighted by Crippen LogP contribution is 2.21. The molecule has 2 aliphatic heterocycles. The van der Waals surface area contributed by atoms with E-state index in [-0.39, 0.29) is 0 Å². The van der Waals surface area contributed by atoms with Crippen molar-refractivity contribution in [1.29, 1.82) is 0 Å². The summed E-state index contributed by atoms with van der Waals surface area (Å²) in [7, 11) is 0. The second-order valence-electron chi connectivity index (χ2n) is 8.38. The Morgan fingerprint density at radius 2 is 1.83 bits per heavy atom. The van der Waals surface area contributed by atoms with Crippen LogP contribution < -0.4 is 0 Å². The van der Waals surface area contributed by atoms with Gasteiger partial charge in [0.15, 0.2) is 0 Å². The predicted octanol–water partition coefficient (Wildman–Crippen LogP) is 5.80. The lowest BCUT2D eigenvalue weighted by atomic mass is 10.0. The van der Waals surface area contributed by atoms with Gasteiger partial charge in [0.1, 0.15) is 0 Å². The summed E-state index contributed by atoms with van der Waals surface area (Å²) in [6.45, 7) is 8.66. The lowest BCUT2D eigenvalue weighted by molar-refractivity contribution is -0.0779. The number of hydrazine groups is 1. The molecule has 0 aromatic heterocycles. The van der Waals surface area contributed by atoms with E-state index >= 15 is 0 Å². The number of hydrogen-bond acceptors (Lipinski definition) is 4. The number of nitrogens with zero attached hydrogens (tertiary/aromatic N) is 4. The van der Waals surface area contributed by atoms with Crippen LogP contribution in [0, 0.1) is 0 Å². The third kappa shape index (κ3) is 7.24. The number of hydrogen-bond donors (Lipinski definition) is 0. The number of benzene rings is 1. The van der Waals surface area contributed by atoms with Crippen LogP contribution in [-0.2, 0) is 6.42 Å². The van der Waals surface area contributed by atoms with Crippen molar-refractivity contribution in [3.8, 4) is 0 Å². The van der Waals surface area contributed by atoms with Gasteiger partial charge in [-0.3, -0.25) is 9.98 Å². The molecule has 4 nitrogen and oxygen atoms in total. The zero-order chi connectivity index (χ0) is 21.0. The first kappa shape index (κ1) is 22.5. The Morgan fingerprint density at radius 1 is 1.03 bits per heavy atom. The van der Waals surface area contributed by atoms with Crippen LogP contribution in [0.3, 0.4) is 0 Å². The van der Waals surface area contributed by atoms with Crippen molar-refractivity contribution in [3.05, 3.63) is 59.4 Å². The number of unbranched alkanes of at least 4 members (excludes halogenated alkanes) is 4. The normalized spacial score (nSPS) is 17.1. The molecule has 0 saturated carbocycles. The molecular weight excluding hydrogens is 368 g/mol. The van der Waals surface area contributed by atoms with Crippen LogP contribution in [0.4, 0.5) is 0 Å². The van der Waals surface area contributed by atoms with Crippen LogP contribution in [0.5, 0.6) is 0 Å². The molecule has 0 N–H and O–H groups in total. The molecule has 0 aliphatic carbocycles. The molecule has 0 spiro atoms. The van der Waals surface area contributed by atoms with Gasteiger partial charge in [-0.1, -0.05) is 56.5 Å². The lowest BCUT2D eigenvalue weighted by Crippen LogP contribution is -2.56. The standard InChI is InChI=1S/C26H38N4/c1-3-17-27-22-25-13-11-24(12-14-25)9-7-5-4-6-8-19-29-20-21-30(29)26-15-10-23(2)28-18-16-26/h11-16,18,22H,3-10,17,19-21H2,1-2H3/b27-22+. The first-order valence-corrected chi connectivity index (χ1v) is 11.8. The van der Waals surface area contributed by atoms with Crippen molar-refractivity contribution < 1.29 is 0 Å². The third-order valence-corrected chi connectivity index (χ3v) is 5.81. The van der Waals surface area contributed by atoms with Gasteiger partial charge >= 0.3 is 0 Å². The van der Waals surface area contributed by atoms with Gasteiger partial charge in [-0.15, -0.1) is 0 Å². The Kier molecular flexibility index (Phi) is 9.36. The monoisotopic (exact) mass is 406 g/mol. The smallest absolute Gasteiger partial charge is 0.0502 e. The number of aliphatic imine (C=N–C) groups is 2. The topological polar surface area (TPSA) is 31.2 Å². The minimum absolute atomic E-state index is 0.918. The van der Waals surface area contributed by atoms with Crippen molar-refractivity contribution in [2.24, 2.45) is 9.98 Å². The summed E-state index contributed by atoms with van der Waals surface area (Å²) >= 11 is 0. The van der Waals surface area contributed by atoms with Crippen LogP contribution >= 0.6 is 0 Å². The van der Waals surface area contributed by atoms with Crippen LogP contribution in [-0.4, -0.2) is 48.1 Å². The highest BCUT2D eigenvalue weighted by atomic mass is 15.7. The fourth-order valence-corrected chi connectivity index (χ4v) is 3.89. The van der Waals surface area contributed by atoms with Crippen molar-refractivity contribution >= 4 is 11.9 Å². The zero-order valence-electron chi connectivity index (χ0n) is 18.9. The molecule has 0 unspecified atom stereocenters. The second-order valence-corrected chi connectivity index (χ2v) is 8.38. The van der Waals surface area contributed by atoms with E-state index in [4.69, 9.17) is 0 Å². The number of aryl methyl sites for hydroxylation is 1. The Morgan fingerprint density at radius 3 is 2.60 bits per heavy atom. The lowest BCUT2D eigenvalue weighted by Gasteiger charge is -2.46. The number of allylic oxidation sites excluding steroid dienone is 2. The molecule has 0 radical (unpaired) electrons. The van der Waals surface area contributed by atoms with Gasteiger partial charge in [0.25, 0.3) is 0 Å². The average molecular weight is 407 g/mol. The maximum atomic E-state index is 4.42. The Bertz CT molecular complexity index is 758. The summed E-state index contributed by atoms with van der Waals surface area (Å²) in [4.78, 5) is 8.83. The molecule has 1 aromatic rings. The van der Waals surface area contributed by atoms with Gasteiger partial charge in [0, 0.05) is 50.7 Å². The minimum Gasteiger partial charge on any atom is -0.305 e. The number of rotatable bonds is 12. The molecule has 30 heavy (non-hydrogen) atoms. The maximum Gasteiger partial charge on any atom is 0.0502 e. The molecule has 0 amide bonds. The average Bonchev–Trinajstić information content (AvgIpc) is 2.95. The molecule has 0 atom stereocenters. The van der Waals surface area contributed by atoms with Crippen molar-refractivity contribution in [3.63, 3.8) is 0 Å². The molecule has 3 rings (SSSR count). The summed E-state index contributed by atoms with van der Waals surface area (Å²) in [5, 5.41) is 4.91. The van der Waals surface area contributed by atoms with E-state index in [9.17, 15) is 0 Å². The summed E-state index contributed by atoms with van der Waals surface area (Å²) in [5.41, 5.74) is 5.16. The summed E-state index contributed by atoms with van der Waals surface area (Å²) in [6, 6.07) is 8.91. The quantitative estimate of drug-likeness (QED) is 0.324. The van der Waals surface area contributed by atoms with E-state index in [1.54, 1.807) is 0 Å². The van der Waals surface area contributed by atoms with Crippen LogP contribution in [0.2, 0.25) is 0 Å². The van der Waals surface area contributed by atoms with E-state index in [0.717, 1.165) is 25.9 Å². The van der Waals surface area contributed by atoms with E-state index in [0.29, 0.717) is 0 Å². The summed E-state index contributed by atoms with van der Waals surface area (Å²) < 4.78 is 0. The zero-order valence-corrected chi connectivity index (χ0v) is 18.9. The largest absolute Gasteiger partial charge is 0.305 e.